The van der Waals surface area contributed by atoms with E-state index in [4.69, 9.17) is 0 Å². The van der Waals surface area contributed by atoms with Crippen LogP contribution in [0.2, 0.25) is 33.2 Å². The summed E-state index contributed by atoms with van der Waals surface area (Å²) in [5.74, 6) is 6.47. The number of hydrogen-bond acceptors (Lipinski definition) is 0. The van der Waals surface area contributed by atoms with Gasteiger partial charge in [-0.3, -0.25) is 0 Å². The normalized spacial score (nSPS) is 11.3. The van der Waals surface area contributed by atoms with Crippen molar-refractivity contribution in [2.24, 2.45) is 0 Å². The molecular formula is C26H50CuLiSi2. The van der Waals surface area contributed by atoms with E-state index < -0.39 is 16.1 Å². The van der Waals surface area contributed by atoms with E-state index >= 15 is 0 Å². The van der Waals surface area contributed by atoms with Crippen LogP contribution in [0.15, 0.2) is 0 Å². The Bertz CT molecular complexity index is 449. The molecule has 0 aromatic rings. The van der Waals surface area contributed by atoms with Gasteiger partial charge in [-0.2, -0.15) is 0 Å². The summed E-state index contributed by atoms with van der Waals surface area (Å²) in [5, 5.41) is 0. The molecule has 4 heteroatoms. The molecule has 0 atom stereocenters. The molecule has 0 rings (SSSR count). The average molecular weight is 489 g/mol. The van der Waals surface area contributed by atoms with Crippen LogP contribution in [0.25, 0.3) is 0 Å². The SMILES string of the molecule is [CH2-]CC#C[Si](C(C)C)(C(C)C)C(C)C.[CH2-]CC#C[Si](C(C)C)(C(C)C)C(C)C.[Cu+2].[Li]. The first-order valence-electron chi connectivity index (χ1n) is 11.4. The zero-order valence-electron chi connectivity index (χ0n) is 22.6. The summed E-state index contributed by atoms with van der Waals surface area (Å²) in [5.41, 5.74) is 11.6. The maximum absolute atomic E-state index is 3.82. The standard InChI is InChI=1S/2C13H25Si.Cu.Li/c2*1-8-9-10-14(11(2)3,12(4)5)13(6)7;;/h2*11-13H,1,8H2,2-7H3;;/q2*-1;+2;. The fraction of sp³-hybridized carbons (Fsp3) is 0.769. The minimum absolute atomic E-state index is 0. The zero-order valence-corrected chi connectivity index (χ0v) is 25.5. The van der Waals surface area contributed by atoms with Gasteiger partial charge in [0.2, 0.25) is 0 Å². The van der Waals surface area contributed by atoms with Crippen molar-refractivity contribution in [3.8, 4) is 22.9 Å². The van der Waals surface area contributed by atoms with Gasteiger partial charge in [0.25, 0.3) is 0 Å². The van der Waals surface area contributed by atoms with Gasteiger partial charge < -0.3 is 13.8 Å². The van der Waals surface area contributed by atoms with Crippen LogP contribution in [0.5, 0.6) is 0 Å². The molecular weight excluding hydrogens is 439 g/mol. The first-order valence-corrected chi connectivity index (χ1v) is 15.8. The third-order valence-corrected chi connectivity index (χ3v) is 19.3. The summed E-state index contributed by atoms with van der Waals surface area (Å²) in [6, 6.07) is 0. The van der Waals surface area contributed by atoms with E-state index in [9.17, 15) is 0 Å². The summed E-state index contributed by atoms with van der Waals surface area (Å²) in [7, 11) is -2.90. The number of hydrogen-bond donors (Lipinski definition) is 0. The smallest absolute Gasteiger partial charge is 0.332 e. The Morgan fingerprint density at radius 1 is 0.500 bits per heavy atom. The van der Waals surface area contributed by atoms with Gasteiger partial charge in [0.05, 0.1) is 0 Å². The van der Waals surface area contributed by atoms with Crippen molar-refractivity contribution in [1.82, 2.24) is 0 Å². The summed E-state index contributed by atoms with van der Waals surface area (Å²) in [6.45, 7) is 35.7. The molecule has 2 radical (unpaired) electrons. The molecule has 0 aliphatic carbocycles. The Kier molecular flexibility index (Phi) is 22.9. The summed E-state index contributed by atoms with van der Waals surface area (Å²) < 4.78 is 0. The predicted octanol–water partition coefficient (Wildman–Crippen LogP) is 8.48. The predicted molar refractivity (Wildman–Crippen MR) is 143 cm³/mol. The third kappa shape index (κ3) is 10.1. The van der Waals surface area contributed by atoms with Crippen LogP contribution in [-0.2, 0) is 17.1 Å². The molecule has 0 nitrogen and oxygen atoms in total. The van der Waals surface area contributed by atoms with E-state index in [-0.39, 0.29) is 35.9 Å². The van der Waals surface area contributed by atoms with Crippen molar-refractivity contribution in [3.05, 3.63) is 13.8 Å². The van der Waals surface area contributed by atoms with Crippen molar-refractivity contribution < 1.29 is 17.1 Å². The summed E-state index contributed by atoms with van der Waals surface area (Å²) in [6.07, 6.45) is 1.50. The molecule has 174 valence electrons. The average Bonchev–Trinajstić information content (AvgIpc) is 2.54. The van der Waals surface area contributed by atoms with Gasteiger partial charge in [0.15, 0.2) is 0 Å². The van der Waals surface area contributed by atoms with Crippen LogP contribution in [-0.4, -0.2) is 35.0 Å². The second kappa shape index (κ2) is 18.1. The van der Waals surface area contributed by atoms with Crippen molar-refractivity contribution in [2.45, 2.75) is 129 Å². The first kappa shape index (κ1) is 38.0. The first-order chi connectivity index (χ1) is 12.8. The Balaban J connectivity index is -0.000000211. The molecule has 0 aromatic carbocycles. The minimum atomic E-state index is -1.45. The summed E-state index contributed by atoms with van der Waals surface area (Å²) in [4.78, 5) is 0. The van der Waals surface area contributed by atoms with E-state index in [0.717, 1.165) is 46.1 Å². The van der Waals surface area contributed by atoms with Crippen LogP contribution in [0.1, 0.15) is 95.9 Å². The largest absolute Gasteiger partial charge is 2.00 e. The Morgan fingerprint density at radius 2 is 0.667 bits per heavy atom. The van der Waals surface area contributed by atoms with E-state index in [2.05, 4.69) is 120 Å². The second-order valence-corrected chi connectivity index (χ2v) is 21.1. The van der Waals surface area contributed by atoms with E-state index in [1.807, 2.05) is 0 Å². The molecule has 0 aliphatic heterocycles. The maximum atomic E-state index is 3.82. The van der Waals surface area contributed by atoms with Crippen LogP contribution in [0.4, 0.5) is 0 Å². The van der Waals surface area contributed by atoms with E-state index in [1.165, 1.54) is 0 Å². The molecule has 0 saturated carbocycles. The van der Waals surface area contributed by atoms with Crippen molar-refractivity contribution >= 4 is 35.0 Å². The van der Waals surface area contributed by atoms with Gasteiger partial charge in [0, 0.05) is 18.9 Å². The monoisotopic (exact) mass is 488 g/mol. The van der Waals surface area contributed by atoms with Crippen molar-refractivity contribution in [2.75, 3.05) is 0 Å². The van der Waals surface area contributed by atoms with Crippen molar-refractivity contribution in [1.29, 1.82) is 0 Å². The molecule has 0 unspecified atom stereocenters. The van der Waals surface area contributed by atoms with Gasteiger partial charge >= 0.3 is 17.1 Å². The van der Waals surface area contributed by atoms with Gasteiger partial charge in [-0.05, 0) is 33.2 Å². The molecule has 0 aromatic heterocycles. The van der Waals surface area contributed by atoms with Crippen LogP contribution in [0.3, 0.4) is 0 Å². The second-order valence-electron chi connectivity index (χ2n) is 9.90. The molecule has 30 heavy (non-hydrogen) atoms. The molecule has 0 spiro atoms. The quantitative estimate of drug-likeness (QED) is 0.199. The molecule has 0 heterocycles. The fourth-order valence-corrected chi connectivity index (χ4v) is 15.9. The molecule has 0 N–H and O–H groups in total. The Labute approximate surface area is 217 Å². The molecule has 0 fully saturated rings. The van der Waals surface area contributed by atoms with Gasteiger partial charge in [-0.15, -0.1) is 35.8 Å². The van der Waals surface area contributed by atoms with E-state index in [1.54, 1.807) is 0 Å². The van der Waals surface area contributed by atoms with Crippen LogP contribution in [0, 0.1) is 36.8 Å². The maximum Gasteiger partial charge on any atom is 2.00 e. The summed E-state index contributed by atoms with van der Waals surface area (Å²) >= 11 is 0. The third-order valence-electron chi connectivity index (χ3n) is 6.59. The van der Waals surface area contributed by atoms with Crippen molar-refractivity contribution in [3.63, 3.8) is 0 Å². The topological polar surface area (TPSA) is 0 Å². The van der Waals surface area contributed by atoms with Gasteiger partial charge in [-0.25, -0.2) is 0 Å². The Morgan fingerprint density at radius 3 is 0.767 bits per heavy atom. The van der Waals surface area contributed by atoms with Gasteiger partial charge in [-0.1, -0.05) is 83.1 Å². The Hall–Kier alpha value is 0.671. The van der Waals surface area contributed by atoms with E-state index in [0.29, 0.717) is 0 Å². The number of rotatable bonds is 6. The zero-order chi connectivity index (χ0) is 22.7. The minimum Gasteiger partial charge on any atom is -0.332 e. The molecule has 0 bridgehead atoms. The van der Waals surface area contributed by atoms with Crippen LogP contribution < -0.4 is 0 Å². The van der Waals surface area contributed by atoms with Crippen LogP contribution >= 0.6 is 0 Å². The molecule has 0 aliphatic rings. The van der Waals surface area contributed by atoms with Gasteiger partial charge in [0.1, 0.15) is 16.1 Å². The fourth-order valence-electron chi connectivity index (χ4n) is 5.30. The molecule has 0 saturated heterocycles. The molecule has 0 amide bonds.